The van der Waals surface area contributed by atoms with Gasteiger partial charge >= 0.3 is 5.69 Å². The normalized spacial score (nSPS) is 9.85. The van der Waals surface area contributed by atoms with Crippen LogP contribution in [0.5, 0.6) is 11.5 Å². The number of hydrogen-bond acceptors (Lipinski definition) is 4. The molecule has 0 fully saturated rings. The zero-order valence-corrected chi connectivity index (χ0v) is 11.4. The largest absolute Gasteiger partial charge is 0.450 e. The van der Waals surface area contributed by atoms with E-state index in [0.717, 1.165) is 6.07 Å². The van der Waals surface area contributed by atoms with E-state index in [0.29, 0.717) is 4.47 Å². The first kappa shape index (κ1) is 14.0. The van der Waals surface area contributed by atoms with Crippen LogP contribution in [0.3, 0.4) is 0 Å². The zero-order valence-electron chi connectivity index (χ0n) is 9.84. The summed E-state index contributed by atoms with van der Waals surface area (Å²) in [7, 11) is 0. The third kappa shape index (κ3) is 2.92. The van der Waals surface area contributed by atoms with Crippen molar-refractivity contribution in [2.45, 2.75) is 0 Å². The Hall–Kier alpha value is -2.46. The highest BCUT2D eigenvalue weighted by atomic mass is 79.9. The van der Waals surface area contributed by atoms with Gasteiger partial charge in [-0.1, -0.05) is 22.0 Å². The molecule has 0 amide bonds. The fourth-order valence-corrected chi connectivity index (χ4v) is 2.04. The molecular formula is C13H6BrFN2O3. The smallest absolute Gasteiger partial charge is 0.329 e. The Kier molecular flexibility index (Phi) is 3.96. The molecule has 0 aliphatic rings. The van der Waals surface area contributed by atoms with E-state index in [1.165, 1.54) is 30.3 Å². The van der Waals surface area contributed by atoms with Gasteiger partial charge in [0.2, 0.25) is 5.75 Å². The number of nitro groups is 1. The monoisotopic (exact) mass is 336 g/mol. The zero-order chi connectivity index (χ0) is 14.7. The molecule has 2 rings (SSSR count). The number of ether oxygens (including phenoxy) is 1. The number of hydrogen-bond donors (Lipinski definition) is 0. The van der Waals surface area contributed by atoms with Crippen molar-refractivity contribution in [3.8, 4) is 17.6 Å². The molecule has 2 aromatic carbocycles. The lowest BCUT2D eigenvalue weighted by Gasteiger charge is -2.07. The SMILES string of the molecule is N#Cc1cccc(Oc2cc(F)cc(Br)c2)c1[N+](=O)[O-]. The molecule has 100 valence electrons. The van der Waals surface area contributed by atoms with Crippen LogP contribution in [-0.2, 0) is 0 Å². The molecular weight excluding hydrogens is 331 g/mol. The van der Waals surface area contributed by atoms with Crippen molar-refractivity contribution >= 4 is 21.6 Å². The summed E-state index contributed by atoms with van der Waals surface area (Å²) in [6.45, 7) is 0. The minimum absolute atomic E-state index is 0.0927. The number of rotatable bonds is 3. The summed E-state index contributed by atoms with van der Waals surface area (Å²) >= 11 is 3.10. The van der Waals surface area contributed by atoms with E-state index >= 15 is 0 Å². The van der Waals surface area contributed by atoms with Crippen LogP contribution < -0.4 is 4.74 Å². The van der Waals surface area contributed by atoms with Gasteiger partial charge in [-0.05, 0) is 24.3 Å². The van der Waals surface area contributed by atoms with Crippen molar-refractivity contribution in [2.24, 2.45) is 0 Å². The van der Waals surface area contributed by atoms with Crippen molar-refractivity contribution in [1.29, 1.82) is 5.26 Å². The number of para-hydroxylation sites is 1. The number of nitro benzene ring substituents is 1. The van der Waals surface area contributed by atoms with Gasteiger partial charge in [-0.3, -0.25) is 10.1 Å². The average Bonchev–Trinajstić information content (AvgIpc) is 2.36. The van der Waals surface area contributed by atoms with Gasteiger partial charge in [-0.2, -0.15) is 5.26 Å². The minimum atomic E-state index is -0.706. The van der Waals surface area contributed by atoms with Gasteiger partial charge in [0, 0.05) is 10.5 Å². The lowest BCUT2D eigenvalue weighted by molar-refractivity contribution is -0.385. The van der Waals surface area contributed by atoms with E-state index in [1.807, 2.05) is 0 Å². The summed E-state index contributed by atoms with van der Waals surface area (Å²) in [6.07, 6.45) is 0. The molecule has 0 spiro atoms. The van der Waals surface area contributed by atoms with Crippen molar-refractivity contribution in [2.75, 3.05) is 0 Å². The van der Waals surface area contributed by atoms with Gasteiger partial charge in [0.15, 0.2) is 0 Å². The second-order valence-corrected chi connectivity index (χ2v) is 4.64. The Balaban J connectivity index is 2.49. The van der Waals surface area contributed by atoms with Crippen molar-refractivity contribution < 1.29 is 14.1 Å². The first-order chi connectivity index (χ1) is 9.51. The van der Waals surface area contributed by atoms with Crippen molar-refractivity contribution in [3.63, 3.8) is 0 Å². The predicted octanol–water partition coefficient (Wildman–Crippen LogP) is 4.16. The van der Waals surface area contributed by atoms with E-state index in [-0.39, 0.29) is 17.1 Å². The number of nitrogens with zero attached hydrogens (tertiary/aromatic N) is 2. The first-order valence-electron chi connectivity index (χ1n) is 5.32. The van der Waals surface area contributed by atoms with Crippen LogP contribution in [0.4, 0.5) is 10.1 Å². The van der Waals surface area contributed by atoms with Crippen LogP contribution in [-0.4, -0.2) is 4.92 Å². The van der Waals surface area contributed by atoms with Gasteiger partial charge in [0.05, 0.1) is 4.92 Å². The molecule has 0 radical (unpaired) electrons. The summed E-state index contributed by atoms with van der Waals surface area (Å²) < 4.78 is 19.0. The Morgan fingerprint density at radius 2 is 2.10 bits per heavy atom. The molecule has 7 heteroatoms. The van der Waals surface area contributed by atoms with E-state index in [4.69, 9.17) is 10.00 Å². The third-order valence-electron chi connectivity index (χ3n) is 2.37. The van der Waals surface area contributed by atoms with Crippen LogP contribution >= 0.6 is 15.9 Å². The summed E-state index contributed by atoms with van der Waals surface area (Å²) in [5.74, 6) is -0.574. The van der Waals surface area contributed by atoms with Gasteiger partial charge in [-0.25, -0.2) is 4.39 Å². The summed E-state index contributed by atoms with van der Waals surface area (Å²) in [5.41, 5.74) is -0.571. The molecule has 0 unspecified atom stereocenters. The molecule has 5 nitrogen and oxygen atoms in total. The molecule has 0 N–H and O–H groups in total. The fourth-order valence-electron chi connectivity index (χ4n) is 1.60. The molecule has 2 aromatic rings. The second-order valence-electron chi connectivity index (χ2n) is 3.73. The highest BCUT2D eigenvalue weighted by Crippen LogP contribution is 2.34. The number of benzene rings is 2. The van der Waals surface area contributed by atoms with Gasteiger partial charge < -0.3 is 4.74 Å². The molecule has 20 heavy (non-hydrogen) atoms. The Morgan fingerprint density at radius 1 is 1.35 bits per heavy atom. The molecule has 0 aliphatic carbocycles. The van der Waals surface area contributed by atoms with Crippen molar-refractivity contribution in [3.05, 3.63) is 62.4 Å². The molecule has 0 heterocycles. The Morgan fingerprint density at radius 3 is 2.70 bits per heavy atom. The van der Waals surface area contributed by atoms with Crippen LogP contribution in [0.15, 0.2) is 40.9 Å². The van der Waals surface area contributed by atoms with Crippen LogP contribution in [0, 0.1) is 27.3 Å². The van der Waals surface area contributed by atoms with Crippen LogP contribution in [0.2, 0.25) is 0 Å². The maximum Gasteiger partial charge on any atom is 0.329 e. The van der Waals surface area contributed by atoms with E-state index in [1.54, 1.807) is 6.07 Å². The average molecular weight is 337 g/mol. The second kappa shape index (κ2) is 5.67. The molecule has 0 saturated heterocycles. The lowest BCUT2D eigenvalue weighted by Crippen LogP contribution is -1.96. The third-order valence-corrected chi connectivity index (χ3v) is 2.82. The number of halogens is 2. The maximum absolute atomic E-state index is 13.2. The first-order valence-corrected chi connectivity index (χ1v) is 6.12. The quantitative estimate of drug-likeness (QED) is 0.622. The number of nitriles is 1. The molecule has 0 aromatic heterocycles. The van der Waals surface area contributed by atoms with Gasteiger partial charge in [0.1, 0.15) is 23.2 Å². The highest BCUT2D eigenvalue weighted by molar-refractivity contribution is 9.10. The van der Waals surface area contributed by atoms with E-state index < -0.39 is 16.4 Å². The van der Waals surface area contributed by atoms with Crippen LogP contribution in [0.1, 0.15) is 5.56 Å². The van der Waals surface area contributed by atoms with Gasteiger partial charge in [-0.15, -0.1) is 0 Å². The molecule has 0 aliphatic heterocycles. The summed E-state index contributed by atoms with van der Waals surface area (Å²) in [4.78, 5) is 10.3. The van der Waals surface area contributed by atoms with E-state index in [9.17, 15) is 14.5 Å². The highest BCUT2D eigenvalue weighted by Gasteiger charge is 2.21. The molecule has 0 saturated carbocycles. The van der Waals surface area contributed by atoms with Gasteiger partial charge in [0.25, 0.3) is 0 Å². The molecule has 0 bridgehead atoms. The fraction of sp³-hybridized carbons (Fsp3) is 0. The molecule has 0 atom stereocenters. The van der Waals surface area contributed by atoms with E-state index in [2.05, 4.69) is 15.9 Å². The summed E-state index contributed by atoms with van der Waals surface area (Å²) in [6, 6.07) is 9.62. The lowest BCUT2D eigenvalue weighted by atomic mass is 10.2. The predicted molar refractivity (Wildman–Crippen MR) is 72.0 cm³/mol. The minimum Gasteiger partial charge on any atom is -0.450 e. The topological polar surface area (TPSA) is 76.2 Å². The Bertz CT molecular complexity index is 708. The standard InChI is InChI=1S/C13H6BrFN2O3/c14-9-4-10(15)6-11(5-9)20-12-3-1-2-8(7-16)13(12)17(18)19/h1-6H. The van der Waals surface area contributed by atoms with Crippen LogP contribution in [0.25, 0.3) is 0 Å². The van der Waals surface area contributed by atoms with Crippen molar-refractivity contribution in [1.82, 2.24) is 0 Å². The Labute approximate surface area is 121 Å². The maximum atomic E-state index is 13.2. The summed E-state index contributed by atoms with van der Waals surface area (Å²) in [5, 5.41) is 19.9.